The average molecular weight is 450 g/mol. The fraction of sp³-hybridized carbons (Fsp3) is 0.765. The van der Waals surface area contributed by atoms with Crippen LogP contribution >= 0.6 is 35.3 Å². The molecule has 1 aliphatic carbocycles. The van der Waals surface area contributed by atoms with E-state index in [-0.39, 0.29) is 24.0 Å². The number of hydrogen-bond donors (Lipinski definition) is 2. The lowest BCUT2D eigenvalue weighted by Gasteiger charge is -2.24. The van der Waals surface area contributed by atoms with E-state index >= 15 is 0 Å². The van der Waals surface area contributed by atoms with Crippen molar-refractivity contribution in [3.8, 4) is 0 Å². The summed E-state index contributed by atoms with van der Waals surface area (Å²) in [5.74, 6) is 1.000. The number of guanidine groups is 1. The van der Waals surface area contributed by atoms with Crippen LogP contribution in [0.3, 0.4) is 0 Å². The number of nitrogens with one attached hydrogen (secondary N) is 2. The van der Waals surface area contributed by atoms with Crippen molar-refractivity contribution in [2.75, 3.05) is 13.1 Å². The van der Waals surface area contributed by atoms with Crippen molar-refractivity contribution in [2.45, 2.75) is 71.3 Å². The third-order valence-corrected chi connectivity index (χ3v) is 5.05. The predicted octanol–water partition coefficient (Wildman–Crippen LogP) is 4.28. The molecule has 0 aliphatic heterocycles. The summed E-state index contributed by atoms with van der Waals surface area (Å²) in [6.07, 6.45) is 10.0. The molecule has 0 saturated heterocycles. The molecule has 1 saturated carbocycles. The molecule has 0 unspecified atom stereocenters. The Morgan fingerprint density at radius 3 is 2.74 bits per heavy atom. The highest BCUT2D eigenvalue weighted by Crippen LogP contribution is 2.17. The second kappa shape index (κ2) is 12.1. The molecule has 0 radical (unpaired) electrons. The Balaban J connectivity index is 0.00000264. The summed E-state index contributed by atoms with van der Waals surface area (Å²) in [5.41, 5.74) is 1.14. The molecule has 4 nitrogen and oxygen atoms in total. The number of unbranched alkanes of at least 4 members (excludes halogenated alkanes) is 1. The number of halogens is 1. The molecule has 0 aromatic carbocycles. The van der Waals surface area contributed by atoms with E-state index in [2.05, 4.69) is 34.8 Å². The summed E-state index contributed by atoms with van der Waals surface area (Å²) in [6, 6.07) is 0.616. The fourth-order valence-electron chi connectivity index (χ4n) is 2.86. The van der Waals surface area contributed by atoms with Crippen molar-refractivity contribution in [1.82, 2.24) is 15.6 Å². The van der Waals surface area contributed by atoms with Crippen LogP contribution in [0.4, 0.5) is 0 Å². The van der Waals surface area contributed by atoms with E-state index in [9.17, 15) is 0 Å². The van der Waals surface area contributed by atoms with Crippen LogP contribution in [0.2, 0.25) is 0 Å². The molecule has 0 atom stereocenters. The van der Waals surface area contributed by atoms with Crippen molar-refractivity contribution in [3.05, 3.63) is 16.1 Å². The van der Waals surface area contributed by atoms with E-state index in [1.807, 2.05) is 0 Å². The Morgan fingerprint density at radius 1 is 1.30 bits per heavy atom. The topological polar surface area (TPSA) is 49.3 Å². The highest BCUT2D eigenvalue weighted by atomic mass is 127. The van der Waals surface area contributed by atoms with Gasteiger partial charge in [0.05, 0.1) is 5.01 Å². The molecular weight excluding hydrogens is 419 g/mol. The Labute approximate surface area is 162 Å². The number of aliphatic imine (C=N–C) groups is 1. The van der Waals surface area contributed by atoms with Gasteiger partial charge in [0.15, 0.2) is 5.96 Å². The number of rotatable bonds is 7. The van der Waals surface area contributed by atoms with Gasteiger partial charge in [-0.05, 0) is 46.0 Å². The van der Waals surface area contributed by atoms with Crippen molar-refractivity contribution in [3.63, 3.8) is 0 Å². The fourth-order valence-corrected chi connectivity index (χ4v) is 3.67. The molecule has 6 heteroatoms. The predicted molar refractivity (Wildman–Crippen MR) is 111 cm³/mol. The Bertz CT molecular complexity index is 455. The van der Waals surface area contributed by atoms with Crippen molar-refractivity contribution < 1.29 is 0 Å². The third-order valence-electron chi connectivity index (χ3n) is 4.03. The largest absolute Gasteiger partial charge is 0.357 e. The number of nitrogens with zero attached hydrogens (tertiary/aromatic N) is 2. The summed E-state index contributed by atoms with van der Waals surface area (Å²) in [4.78, 5) is 9.23. The molecule has 0 spiro atoms. The normalized spacial score (nSPS) is 16.0. The van der Waals surface area contributed by atoms with Gasteiger partial charge in [0.1, 0.15) is 0 Å². The minimum Gasteiger partial charge on any atom is -0.357 e. The van der Waals surface area contributed by atoms with E-state index in [1.165, 1.54) is 43.5 Å². The molecule has 1 heterocycles. The molecule has 2 N–H and O–H groups in total. The van der Waals surface area contributed by atoms with Gasteiger partial charge < -0.3 is 10.6 Å². The van der Waals surface area contributed by atoms with Gasteiger partial charge in [-0.3, -0.25) is 4.99 Å². The van der Waals surface area contributed by atoms with Gasteiger partial charge in [0.2, 0.25) is 0 Å². The second-order valence-electron chi connectivity index (χ2n) is 6.08. The quantitative estimate of drug-likeness (QED) is 0.282. The highest BCUT2D eigenvalue weighted by molar-refractivity contribution is 14.0. The molecule has 1 fully saturated rings. The molecule has 1 aromatic heterocycles. The molecule has 0 bridgehead atoms. The highest BCUT2D eigenvalue weighted by Gasteiger charge is 2.14. The maximum atomic E-state index is 4.72. The van der Waals surface area contributed by atoms with Gasteiger partial charge in [-0.25, -0.2) is 4.98 Å². The Morgan fingerprint density at radius 2 is 2.09 bits per heavy atom. The van der Waals surface area contributed by atoms with Crippen LogP contribution in [-0.2, 0) is 6.42 Å². The SMILES string of the molecule is CCNC(=NCCCCc1nc(C)cs1)NC1CCCCC1.I. The van der Waals surface area contributed by atoms with E-state index in [0.29, 0.717) is 6.04 Å². The zero-order valence-corrected chi connectivity index (χ0v) is 17.6. The average Bonchev–Trinajstić information content (AvgIpc) is 2.93. The maximum Gasteiger partial charge on any atom is 0.191 e. The number of aryl methyl sites for hydroxylation is 2. The number of hydrogen-bond acceptors (Lipinski definition) is 3. The summed E-state index contributed by atoms with van der Waals surface area (Å²) >= 11 is 1.77. The Hall–Kier alpha value is -0.370. The van der Waals surface area contributed by atoms with Crippen LogP contribution in [0.1, 0.15) is 62.6 Å². The summed E-state index contributed by atoms with van der Waals surface area (Å²) in [6.45, 7) is 6.01. The lowest BCUT2D eigenvalue weighted by atomic mass is 9.96. The van der Waals surface area contributed by atoms with E-state index in [4.69, 9.17) is 4.99 Å². The summed E-state index contributed by atoms with van der Waals surface area (Å²) in [7, 11) is 0. The monoisotopic (exact) mass is 450 g/mol. The first-order chi connectivity index (χ1) is 10.8. The molecular formula is C17H31IN4S. The first-order valence-electron chi connectivity index (χ1n) is 8.73. The molecule has 23 heavy (non-hydrogen) atoms. The molecule has 132 valence electrons. The van der Waals surface area contributed by atoms with Crippen LogP contribution in [0.15, 0.2) is 10.4 Å². The first-order valence-corrected chi connectivity index (χ1v) is 9.61. The van der Waals surface area contributed by atoms with Crippen molar-refractivity contribution >= 4 is 41.3 Å². The zero-order valence-electron chi connectivity index (χ0n) is 14.4. The van der Waals surface area contributed by atoms with Crippen LogP contribution in [0, 0.1) is 6.92 Å². The van der Waals surface area contributed by atoms with Gasteiger partial charge in [0.25, 0.3) is 0 Å². The molecule has 2 rings (SSSR count). The number of thiazole rings is 1. The third kappa shape index (κ3) is 8.33. The van der Waals surface area contributed by atoms with E-state index in [1.54, 1.807) is 11.3 Å². The summed E-state index contributed by atoms with van der Waals surface area (Å²) < 4.78 is 0. The molecule has 1 aliphatic rings. The van der Waals surface area contributed by atoms with Gasteiger partial charge in [-0.2, -0.15) is 0 Å². The van der Waals surface area contributed by atoms with Crippen LogP contribution in [-0.4, -0.2) is 30.1 Å². The lowest BCUT2D eigenvalue weighted by molar-refractivity contribution is 0.410. The number of aromatic nitrogens is 1. The molecule has 1 aromatic rings. The van der Waals surface area contributed by atoms with Crippen LogP contribution < -0.4 is 10.6 Å². The van der Waals surface area contributed by atoms with E-state index < -0.39 is 0 Å². The van der Waals surface area contributed by atoms with Crippen molar-refractivity contribution in [2.24, 2.45) is 4.99 Å². The summed E-state index contributed by atoms with van der Waals surface area (Å²) in [5, 5.41) is 10.4. The lowest BCUT2D eigenvalue weighted by Crippen LogP contribution is -2.44. The molecule has 0 amide bonds. The minimum absolute atomic E-state index is 0. The van der Waals surface area contributed by atoms with Gasteiger partial charge >= 0.3 is 0 Å². The second-order valence-corrected chi connectivity index (χ2v) is 7.02. The maximum absolute atomic E-state index is 4.72. The zero-order chi connectivity index (χ0) is 15.6. The first kappa shape index (κ1) is 20.7. The van der Waals surface area contributed by atoms with Gasteiger partial charge in [0, 0.05) is 30.2 Å². The van der Waals surface area contributed by atoms with Crippen LogP contribution in [0.5, 0.6) is 0 Å². The minimum atomic E-state index is 0. The Kier molecular flexibility index (Phi) is 10.8. The van der Waals surface area contributed by atoms with Crippen LogP contribution in [0.25, 0.3) is 0 Å². The smallest absolute Gasteiger partial charge is 0.191 e. The van der Waals surface area contributed by atoms with E-state index in [0.717, 1.165) is 37.6 Å². The standard InChI is InChI=1S/C17H30N4S.HI/c1-3-18-17(21-15-9-5-4-6-10-15)19-12-8-7-11-16-20-14(2)13-22-16;/h13,15H,3-12H2,1-2H3,(H2,18,19,21);1H. The van der Waals surface area contributed by atoms with Gasteiger partial charge in [-0.1, -0.05) is 19.3 Å². The van der Waals surface area contributed by atoms with Crippen molar-refractivity contribution in [1.29, 1.82) is 0 Å². The van der Waals surface area contributed by atoms with Gasteiger partial charge in [-0.15, -0.1) is 35.3 Å².